The molecule has 2 N–H and O–H groups in total. The van der Waals surface area contributed by atoms with Crippen LogP contribution in [-0.2, 0) is 20.2 Å². The van der Waals surface area contributed by atoms with Gasteiger partial charge in [0.05, 0.1) is 17.6 Å². The van der Waals surface area contributed by atoms with E-state index in [-0.39, 0.29) is 22.0 Å². The normalized spacial score (nSPS) is 11.8. The summed E-state index contributed by atoms with van der Waals surface area (Å²) in [4.78, 5) is 15.5. The highest BCUT2D eigenvalue weighted by Crippen LogP contribution is 2.32. The van der Waals surface area contributed by atoms with E-state index in [2.05, 4.69) is 20.2 Å². The fourth-order valence-electron chi connectivity index (χ4n) is 2.71. The summed E-state index contributed by atoms with van der Waals surface area (Å²) in [5.41, 5.74) is 0.952. The maximum atomic E-state index is 12.9. The summed E-state index contributed by atoms with van der Waals surface area (Å²) in [6, 6.07) is 10.7. The third kappa shape index (κ3) is 5.21. The molecule has 0 spiro atoms. The highest BCUT2D eigenvalue weighted by Gasteiger charge is 2.25. The van der Waals surface area contributed by atoms with Gasteiger partial charge in [-0.15, -0.1) is 0 Å². The Morgan fingerprint density at radius 3 is 2.26 bits per heavy atom. The van der Waals surface area contributed by atoms with Gasteiger partial charge in [-0.05, 0) is 42.5 Å². The number of anilines is 2. The molecule has 0 saturated heterocycles. The summed E-state index contributed by atoms with van der Waals surface area (Å²) in [6.07, 6.45) is 0. The average Bonchev–Trinajstić information content (AvgIpc) is 3.19. The van der Waals surface area contributed by atoms with E-state index >= 15 is 0 Å². The van der Waals surface area contributed by atoms with E-state index in [4.69, 9.17) is 9.26 Å². The molecule has 0 atom stereocenters. The smallest absolute Gasteiger partial charge is 0.261 e. The van der Waals surface area contributed by atoms with Crippen LogP contribution < -0.4 is 14.8 Å². The van der Waals surface area contributed by atoms with E-state index in [0.29, 0.717) is 28.6 Å². The molecule has 2 aromatic carbocycles. The van der Waals surface area contributed by atoms with Crippen molar-refractivity contribution in [3.8, 4) is 17.1 Å². The second kappa shape index (κ2) is 8.38. The lowest BCUT2D eigenvalue weighted by Crippen LogP contribution is -2.13. The van der Waals surface area contributed by atoms with Crippen molar-refractivity contribution >= 4 is 27.3 Å². The molecule has 3 aromatic rings. The first-order valence-electron chi connectivity index (χ1n) is 9.42. The first kappa shape index (κ1) is 22.3. The van der Waals surface area contributed by atoms with Gasteiger partial charge in [0.15, 0.2) is 0 Å². The molecule has 0 radical (unpaired) electrons. The maximum absolute atomic E-state index is 12.9. The highest BCUT2D eigenvalue weighted by molar-refractivity contribution is 7.92. The van der Waals surface area contributed by atoms with Crippen LogP contribution in [0.1, 0.15) is 33.6 Å². The van der Waals surface area contributed by atoms with Gasteiger partial charge in [0.1, 0.15) is 5.75 Å². The van der Waals surface area contributed by atoms with Crippen LogP contribution in [0.3, 0.4) is 0 Å². The van der Waals surface area contributed by atoms with Gasteiger partial charge in [-0.1, -0.05) is 25.9 Å². The van der Waals surface area contributed by atoms with Crippen LogP contribution in [0.25, 0.3) is 11.4 Å². The van der Waals surface area contributed by atoms with Gasteiger partial charge in [-0.3, -0.25) is 9.52 Å². The van der Waals surface area contributed by atoms with Gasteiger partial charge >= 0.3 is 0 Å². The molecule has 164 valence electrons. The summed E-state index contributed by atoms with van der Waals surface area (Å²) < 4.78 is 39.1. The van der Waals surface area contributed by atoms with Crippen LogP contribution in [0.4, 0.5) is 11.4 Å². The second-order valence-corrected chi connectivity index (χ2v) is 9.58. The molecule has 0 unspecified atom stereocenters. The Balaban J connectivity index is 1.92. The Kier molecular flexibility index (Phi) is 6.03. The lowest BCUT2D eigenvalue weighted by atomic mass is 9.97. The first-order chi connectivity index (χ1) is 14.5. The van der Waals surface area contributed by atoms with Crippen LogP contribution in [0.5, 0.6) is 5.75 Å². The Morgan fingerprint density at radius 2 is 1.71 bits per heavy atom. The Morgan fingerprint density at radius 1 is 1.06 bits per heavy atom. The van der Waals surface area contributed by atoms with Crippen molar-refractivity contribution in [1.82, 2.24) is 10.1 Å². The number of methoxy groups -OCH3 is 1. The number of hydrogen-bond donors (Lipinski definition) is 2. The van der Waals surface area contributed by atoms with Crippen molar-refractivity contribution in [2.45, 2.75) is 38.0 Å². The standard InChI is InChI=1S/C21H24N4O5S/c1-13(26)22-14-6-8-15(9-7-14)25-31(27,28)16-10-11-18(29-5)17(12-16)19-23-20(30-24-19)21(2,3)4/h6-12,25H,1-5H3,(H,22,26). The molecule has 0 saturated carbocycles. The second-order valence-electron chi connectivity index (χ2n) is 7.90. The molecule has 3 rings (SSSR count). The summed E-state index contributed by atoms with van der Waals surface area (Å²) in [5.74, 6) is 0.865. The summed E-state index contributed by atoms with van der Waals surface area (Å²) in [5, 5.41) is 6.61. The zero-order chi connectivity index (χ0) is 22.8. The van der Waals surface area contributed by atoms with Crippen LogP contribution in [-0.4, -0.2) is 31.6 Å². The number of carbonyl (C=O) groups is 1. The molecule has 1 aromatic heterocycles. The maximum Gasteiger partial charge on any atom is 0.261 e. The minimum absolute atomic E-state index is 0.0105. The average molecular weight is 445 g/mol. The molecule has 0 aliphatic heterocycles. The van der Waals surface area contributed by atoms with Crippen LogP contribution in [0.15, 0.2) is 51.9 Å². The molecule has 31 heavy (non-hydrogen) atoms. The Bertz CT molecular complexity index is 1200. The molecule has 0 fully saturated rings. The quantitative estimate of drug-likeness (QED) is 0.593. The van der Waals surface area contributed by atoms with Crippen LogP contribution >= 0.6 is 0 Å². The summed E-state index contributed by atoms with van der Waals surface area (Å²) in [7, 11) is -2.43. The van der Waals surface area contributed by atoms with E-state index in [9.17, 15) is 13.2 Å². The van der Waals surface area contributed by atoms with Crippen LogP contribution in [0.2, 0.25) is 0 Å². The molecule has 1 heterocycles. The lowest BCUT2D eigenvalue weighted by molar-refractivity contribution is -0.114. The number of benzene rings is 2. The summed E-state index contributed by atoms with van der Waals surface area (Å²) in [6.45, 7) is 7.20. The summed E-state index contributed by atoms with van der Waals surface area (Å²) >= 11 is 0. The Labute approximate surface area is 180 Å². The zero-order valence-electron chi connectivity index (χ0n) is 17.9. The third-order valence-corrected chi connectivity index (χ3v) is 5.63. The predicted molar refractivity (Wildman–Crippen MR) is 117 cm³/mol. The number of rotatable bonds is 6. The fourth-order valence-corrected chi connectivity index (χ4v) is 3.79. The SMILES string of the molecule is COc1ccc(S(=O)(=O)Nc2ccc(NC(C)=O)cc2)cc1-c1noc(C(C)(C)C)n1. The number of amides is 1. The topological polar surface area (TPSA) is 123 Å². The van der Waals surface area contributed by atoms with Gasteiger partial charge in [0.2, 0.25) is 17.6 Å². The minimum Gasteiger partial charge on any atom is -0.496 e. The van der Waals surface area contributed by atoms with Crippen molar-refractivity contribution in [3.05, 3.63) is 48.4 Å². The zero-order valence-corrected chi connectivity index (χ0v) is 18.7. The number of carbonyl (C=O) groups excluding carboxylic acids is 1. The van der Waals surface area contributed by atoms with E-state index in [1.54, 1.807) is 24.3 Å². The third-order valence-electron chi connectivity index (χ3n) is 4.25. The molecule has 0 aliphatic carbocycles. The lowest BCUT2D eigenvalue weighted by Gasteiger charge is -2.12. The largest absolute Gasteiger partial charge is 0.496 e. The highest BCUT2D eigenvalue weighted by atomic mass is 32.2. The van der Waals surface area contributed by atoms with E-state index in [1.165, 1.54) is 32.2 Å². The van der Waals surface area contributed by atoms with Gasteiger partial charge in [0, 0.05) is 23.7 Å². The molecular weight excluding hydrogens is 420 g/mol. The van der Waals surface area contributed by atoms with E-state index < -0.39 is 10.0 Å². The van der Waals surface area contributed by atoms with E-state index in [0.717, 1.165) is 0 Å². The predicted octanol–water partition coefficient (Wildman–Crippen LogP) is 3.80. The van der Waals surface area contributed by atoms with Crippen molar-refractivity contribution in [1.29, 1.82) is 0 Å². The molecule has 9 nitrogen and oxygen atoms in total. The molecular formula is C21H24N4O5S. The number of sulfonamides is 1. The van der Waals surface area contributed by atoms with E-state index in [1.807, 2.05) is 20.8 Å². The first-order valence-corrected chi connectivity index (χ1v) is 10.9. The van der Waals surface area contributed by atoms with Crippen molar-refractivity contribution in [2.24, 2.45) is 0 Å². The Hall–Kier alpha value is -3.40. The number of aromatic nitrogens is 2. The number of hydrogen-bond acceptors (Lipinski definition) is 7. The van der Waals surface area contributed by atoms with Gasteiger partial charge < -0.3 is 14.6 Å². The van der Waals surface area contributed by atoms with Gasteiger partial charge in [-0.2, -0.15) is 4.98 Å². The minimum atomic E-state index is -3.91. The van der Waals surface area contributed by atoms with Crippen molar-refractivity contribution < 1.29 is 22.5 Å². The monoisotopic (exact) mass is 444 g/mol. The molecule has 10 heteroatoms. The fraction of sp³-hybridized carbons (Fsp3) is 0.286. The molecule has 1 amide bonds. The number of nitrogens with one attached hydrogen (secondary N) is 2. The molecule has 0 bridgehead atoms. The van der Waals surface area contributed by atoms with Crippen molar-refractivity contribution in [2.75, 3.05) is 17.1 Å². The van der Waals surface area contributed by atoms with Gasteiger partial charge in [0.25, 0.3) is 10.0 Å². The van der Waals surface area contributed by atoms with Crippen molar-refractivity contribution in [3.63, 3.8) is 0 Å². The van der Waals surface area contributed by atoms with Gasteiger partial charge in [-0.25, -0.2) is 8.42 Å². The number of nitrogens with zero attached hydrogens (tertiary/aromatic N) is 2. The molecule has 0 aliphatic rings. The number of ether oxygens (including phenoxy) is 1. The van der Waals surface area contributed by atoms with Crippen LogP contribution in [0, 0.1) is 0 Å².